The Morgan fingerprint density at radius 3 is 3.08 bits per heavy atom. The molecule has 2 rings (SSSR count). The summed E-state index contributed by atoms with van der Waals surface area (Å²) in [5, 5.41) is 0.863. The average molecular weight is 200 g/mol. The summed E-state index contributed by atoms with van der Waals surface area (Å²) in [6.45, 7) is 1.08. The van der Waals surface area contributed by atoms with Crippen molar-refractivity contribution < 1.29 is 0 Å². The van der Waals surface area contributed by atoms with E-state index in [1.807, 2.05) is 23.9 Å². The molecule has 0 unspecified atom stereocenters. The number of nitrogens with zero attached hydrogens (tertiary/aromatic N) is 1. The summed E-state index contributed by atoms with van der Waals surface area (Å²) in [5.74, 6) is 1.16. The maximum atomic E-state index is 6.08. The van der Waals surface area contributed by atoms with E-state index in [1.165, 1.54) is 10.6 Å². The van der Waals surface area contributed by atoms with Gasteiger partial charge in [-0.15, -0.1) is 11.8 Å². The molecule has 1 aliphatic rings. The summed E-state index contributed by atoms with van der Waals surface area (Å²) in [5.41, 5.74) is 1.19. The molecule has 0 amide bonds. The smallest absolute Gasteiger partial charge is 0.0691 e. The minimum atomic E-state index is 0.863. The highest BCUT2D eigenvalue weighted by molar-refractivity contribution is 7.99. The van der Waals surface area contributed by atoms with Gasteiger partial charge in [0.25, 0.3) is 0 Å². The second-order valence-electron chi connectivity index (χ2n) is 2.86. The molecule has 1 nitrogen and oxygen atoms in total. The molecule has 12 heavy (non-hydrogen) atoms. The van der Waals surface area contributed by atoms with Crippen LogP contribution in [-0.4, -0.2) is 19.3 Å². The van der Waals surface area contributed by atoms with Crippen LogP contribution < -0.4 is 4.90 Å². The van der Waals surface area contributed by atoms with Crippen LogP contribution in [0.4, 0.5) is 5.69 Å². The molecular formula is C9H10ClNS. The van der Waals surface area contributed by atoms with Crippen LogP contribution in [0.1, 0.15) is 0 Å². The van der Waals surface area contributed by atoms with Gasteiger partial charge in [-0.25, -0.2) is 0 Å². The highest BCUT2D eigenvalue weighted by atomic mass is 35.5. The summed E-state index contributed by atoms with van der Waals surface area (Å²) < 4.78 is 0. The van der Waals surface area contributed by atoms with Gasteiger partial charge >= 0.3 is 0 Å². The number of benzene rings is 1. The van der Waals surface area contributed by atoms with Crippen LogP contribution in [0.5, 0.6) is 0 Å². The molecule has 0 bridgehead atoms. The summed E-state index contributed by atoms with van der Waals surface area (Å²) in [4.78, 5) is 3.52. The Kier molecular flexibility index (Phi) is 2.20. The van der Waals surface area contributed by atoms with Crippen molar-refractivity contribution in [2.45, 2.75) is 4.90 Å². The Morgan fingerprint density at radius 1 is 1.50 bits per heavy atom. The van der Waals surface area contributed by atoms with E-state index < -0.39 is 0 Å². The number of fused-ring (bicyclic) bond motifs is 1. The summed E-state index contributed by atoms with van der Waals surface area (Å²) in [6, 6.07) is 6.08. The zero-order valence-corrected chi connectivity index (χ0v) is 8.45. The molecule has 3 heteroatoms. The standard InChI is InChI=1S/C9H10ClNS/c1-11-5-6-12-8-4-2-3-7(10)9(8)11/h2-4H,5-6H2,1H3. The lowest BCUT2D eigenvalue weighted by atomic mass is 10.3. The Hall–Kier alpha value is -0.340. The van der Waals surface area contributed by atoms with E-state index in [0.717, 1.165) is 17.3 Å². The third-order valence-corrected chi connectivity index (χ3v) is 3.35. The molecule has 0 fully saturated rings. The number of hydrogen-bond donors (Lipinski definition) is 0. The first kappa shape index (κ1) is 8.27. The SMILES string of the molecule is CN1CCSc2cccc(Cl)c21. The topological polar surface area (TPSA) is 3.24 Å². The lowest BCUT2D eigenvalue weighted by Gasteiger charge is -2.27. The highest BCUT2D eigenvalue weighted by Gasteiger charge is 2.16. The van der Waals surface area contributed by atoms with Crippen molar-refractivity contribution in [2.75, 3.05) is 24.2 Å². The second-order valence-corrected chi connectivity index (χ2v) is 4.40. The first-order chi connectivity index (χ1) is 5.79. The van der Waals surface area contributed by atoms with Crippen molar-refractivity contribution >= 4 is 29.1 Å². The highest BCUT2D eigenvalue weighted by Crippen LogP contribution is 2.38. The van der Waals surface area contributed by atoms with E-state index in [1.54, 1.807) is 0 Å². The van der Waals surface area contributed by atoms with Crippen molar-refractivity contribution in [1.29, 1.82) is 0 Å². The molecule has 64 valence electrons. The van der Waals surface area contributed by atoms with E-state index in [2.05, 4.69) is 18.0 Å². The maximum Gasteiger partial charge on any atom is 0.0691 e. The van der Waals surface area contributed by atoms with Gasteiger partial charge < -0.3 is 4.90 Å². The van der Waals surface area contributed by atoms with Crippen LogP contribution in [0, 0.1) is 0 Å². The quantitative estimate of drug-likeness (QED) is 0.632. The number of halogens is 1. The summed E-state index contributed by atoms with van der Waals surface area (Å²) in [6.07, 6.45) is 0. The van der Waals surface area contributed by atoms with Gasteiger partial charge in [-0.1, -0.05) is 17.7 Å². The molecule has 0 aliphatic carbocycles. The molecule has 0 radical (unpaired) electrons. The first-order valence-electron chi connectivity index (χ1n) is 3.91. The maximum absolute atomic E-state index is 6.08. The molecule has 1 aliphatic heterocycles. The van der Waals surface area contributed by atoms with Crippen molar-refractivity contribution in [3.8, 4) is 0 Å². The van der Waals surface area contributed by atoms with E-state index in [0.29, 0.717) is 0 Å². The lowest BCUT2D eigenvalue weighted by Crippen LogP contribution is -2.24. The zero-order chi connectivity index (χ0) is 8.55. The molecular weight excluding hydrogens is 190 g/mol. The van der Waals surface area contributed by atoms with Gasteiger partial charge in [0.05, 0.1) is 10.7 Å². The Bertz CT molecular complexity index is 301. The molecule has 0 aromatic heterocycles. The Labute approximate surface area is 81.7 Å². The van der Waals surface area contributed by atoms with Gasteiger partial charge in [0.1, 0.15) is 0 Å². The number of anilines is 1. The number of hydrogen-bond acceptors (Lipinski definition) is 2. The van der Waals surface area contributed by atoms with E-state index in [4.69, 9.17) is 11.6 Å². The van der Waals surface area contributed by atoms with Gasteiger partial charge in [-0.2, -0.15) is 0 Å². The second kappa shape index (κ2) is 3.19. The van der Waals surface area contributed by atoms with Crippen LogP contribution in [0.3, 0.4) is 0 Å². The number of rotatable bonds is 0. The van der Waals surface area contributed by atoms with E-state index in [9.17, 15) is 0 Å². The molecule has 1 heterocycles. The molecule has 0 N–H and O–H groups in total. The van der Waals surface area contributed by atoms with Crippen molar-refractivity contribution in [3.05, 3.63) is 23.2 Å². The van der Waals surface area contributed by atoms with Crippen LogP contribution >= 0.6 is 23.4 Å². The van der Waals surface area contributed by atoms with Gasteiger partial charge in [0.15, 0.2) is 0 Å². The molecule has 0 saturated carbocycles. The van der Waals surface area contributed by atoms with Gasteiger partial charge in [-0.3, -0.25) is 0 Å². The third-order valence-electron chi connectivity index (χ3n) is 2.02. The Balaban J connectivity index is 2.53. The van der Waals surface area contributed by atoms with Crippen LogP contribution in [0.15, 0.2) is 23.1 Å². The van der Waals surface area contributed by atoms with Crippen LogP contribution in [0.25, 0.3) is 0 Å². The largest absolute Gasteiger partial charge is 0.372 e. The van der Waals surface area contributed by atoms with Crippen molar-refractivity contribution in [3.63, 3.8) is 0 Å². The minimum absolute atomic E-state index is 0.863. The fourth-order valence-corrected chi connectivity index (χ4v) is 2.92. The number of thioether (sulfide) groups is 1. The third kappa shape index (κ3) is 1.29. The lowest BCUT2D eigenvalue weighted by molar-refractivity contribution is 0.944. The average Bonchev–Trinajstić information content (AvgIpc) is 2.04. The van der Waals surface area contributed by atoms with Gasteiger partial charge in [0.2, 0.25) is 0 Å². The van der Waals surface area contributed by atoms with Crippen molar-refractivity contribution in [1.82, 2.24) is 0 Å². The predicted molar refractivity (Wildman–Crippen MR) is 55.4 cm³/mol. The van der Waals surface area contributed by atoms with Crippen LogP contribution in [0.2, 0.25) is 5.02 Å². The molecule has 0 atom stereocenters. The summed E-state index contributed by atoms with van der Waals surface area (Å²) >= 11 is 7.96. The summed E-state index contributed by atoms with van der Waals surface area (Å²) in [7, 11) is 2.09. The fourth-order valence-electron chi connectivity index (χ4n) is 1.39. The van der Waals surface area contributed by atoms with E-state index in [-0.39, 0.29) is 0 Å². The predicted octanol–water partition coefficient (Wildman–Crippen LogP) is 2.88. The minimum Gasteiger partial charge on any atom is -0.372 e. The Morgan fingerprint density at radius 2 is 2.33 bits per heavy atom. The molecule has 0 spiro atoms. The van der Waals surface area contributed by atoms with Crippen LogP contribution in [-0.2, 0) is 0 Å². The zero-order valence-electron chi connectivity index (χ0n) is 6.88. The monoisotopic (exact) mass is 199 g/mol. The molecule has 1 aromatic carbocycles. The van der Waals surface area contributed by atoms with Gasteiger partial charge in [-0.05, 0) is 12.1 Å². The molecule has 1 aromatic rings. The molecule has 0 saturated heterocycles. The normalized spacial score (nSPS) is 16.0. The first-order valence-corrected chi connectivity index (χ1v) is 5.28. The van der Waals surface area contributed by atoms with Gasteiger partial charge in [0, 0.05) is 24.2 Å². The van der Waals surface area contributed by atoms with Crippen molar-refractivity contribution in [2.24, 2.45) is 0 Å². The number of para-hydroxylation sites is 1. The van der Waals surface area contributed by atoms with E-state index >= 15 is 0 Å². The fraction of sp³-hybridized carbons (Fsp3) is 0.333.